The first-order valence-corrected chi connectivity index (χ1v) is 7.27. The second-order valence-corrected chi connectivity index (χ2v) is 5.26. The molecule has 2 aromatic carbocycles. The van der Waals surface area contributed by atoms with Crippen LogP contribution in [0.5, 0.6) is 5.75 Å². The molecule has 106 valence electrons. The Morgan fingerprint density at radius 1 is 1.05 bits per heavy atom. The standard InChI is InChI=1S/C19H19NO/c1-21-19-10-8-16(9-11-19)5-4-13-20-14-12-17-6-2-3-7-18(17)15-20/h2-3,6-11H,12-15H2,1H3. The highest BCUT2D eigenvalue weighted by Gasteiger charge is 2.13. The number of benzene rings is 2. The Morgan fingerprint density at radius 2 is 1.81 bits per heavy atom. The van der Waals surface area contributed by atoms with Crippen molar-refractivity contribution in [3.8, 4) is 17.6 Å². The lowest BCUT2D eigenvalue weighted by atomic mass is 10.00. The van der Waals surface area contributed by atoms with E-state index >= 15 is 0 Å². The molecule has 0 amide bonds. The monoisotopic (exact) mass is 277 g/mol. The number of rotatable bonds is 2. The van der Waals surface area contributed by atoms with E-state index in [2.05, 4.69) is 41.0 Å². The third kappa shape index (κ3) is 3.45. The van der Waals surface area contributed by atoms with E-state index in [1.807, 2.05) is 24.3 Å². The Labute approximate surface area is 126 Å². The van der Waals surface area contributed by atoms with Gasteiger partial charge in [0.1, 0.15) is 5.75 Å². The summed E-state index contributed by atoms with van der Waals surface area (Å²) in [6.07, 6.45) is 1.13. The first kappa shape index (κ1) is 13.7. The lowest BCUT2D eigenvalue weighted by Crippen LogP contribution is -2.30. The van der Waals surface area contributed by atoms with Crippen molar-refractivity contribution in [3.63, 3.8) is 0 Å². The highest BCUT2D eigenvalue weighted by atomic mass is 16.5. The fourth-order valence-corrected chi connectivity index (χ4v) is 2.62. The third-order valence-corrected chi connectivity index (χ3v) is 3.84. The Bertz CT molecular complexity index is 664. The fourth-order valence-electron chi connectivity index (χ4n) is 2.62. The zero-order valence-electron chi connectivity index (χ0n) is 12.3. The van der Waals surface area contributed by atoms with Gasteiger partial charge in [-0.15, -0.1) is 0 Å². The normalized spacial score (nSPS) is 14.0. The minimum Gasteiger partial charge on any atom is -0.497 e. The zero-order chi connectivity index (χ0) is 14.5. The van der Waals surface area contributed by atoms with Crippen molar-refractivity contribution in [2.75, 3.05) is 20.2 Å². The summed E-state index contributed by atoms with van der Waals surface area (Å²) in [5.41, 5.74) is 3.96. The van der Waals surface area contributed by atoms with Crippen LogP contribution < -0.4 is 4.74 Å². The second-order valence-electron chi connectivity index (χ2n) is 5.26. The summed E-state index contributed by atoms with van der Waals surface area (Å²) in [5, 5.41) is 0. The van der Waals surface area contributed by atoms with E-state index < -0.39 is 0 Å². The number of methoxy groups -OCH3 is 1. The van der Waals surface area contributed by atoms with Gasteiger partial charge in [0.2, 0.25) is 0 Å². The van der Waals surface area contributed by atoms with Gasteiger partial charge in [0.15, 0.2) is 0 Å². The number of hydrogen-bond acceptors (Lipinski definition) is 2. The maximum atomic E-state index is 5.15. The van der Waals surface area contributed by atoms with Crippen LogP contribution in [0.3, 0.4) is 0 Å². The summed E-state index contributed by atoms with van der Waals surface area (Å²) < 4.78 is 5.15. The lowest BCUT2D eigenvalue weighted by Gasteiger charge is -2.26. The van der Waals surface area contributed by atoms with Crippen LogP contribution in [-0.4, -0.2) is 25.1 Å². The Morgan fingerprint density at radius 3 is 2.57 bits per heavy atom. The van der Waals surface area contributed by atoms with Crippen molar-refractivity contribution >= 4 is 0 Å². The maximum absolute atomic E-state index is 5.15. The van der Waals surface area contributed by atoms with Crippen molar-refractivity contribution in [1.29, 1.82) is 0 Å². The first-order chi connectivity index (χ1) is 10.3. The average Bonchev–Trinajstić information content (AvgIpc) is 2.55. The molecule has 1 aliphatic heterocycles. The molecule has 1 aliphatic rings. The molecule has 0 aliphatic carbocycles. The summed E-state index contributed by atoms with van der Waals surface area (Å²) >= 11 is 0. The highest BCUT2D eigenvalue weighted by Crippen LogP contribution is 2.17. The van der Waals surface area contributed by atoms with E-state index in [4.69, 9.17) is 4.74 Å². The van der Waals surface area contributed by atoms with E-state index in [0.29, 0.717) is 0 Å². The number of ether oxygens (including phenoxy) is 1. The van der Waals surface area contributed by atoms with Crippen molar-refractivity contribution in [1.82, 2.24) is 4.90 Å². The van der Waals surface area contributed by atoms with Gasteiger partial charge in [0, 0.05) is 18.7 Å². The van der Waals surface area contributed by atoms with Crippen LogP contribution in [0.4, 0.5) is 0 Å². The first-order valence-electron chi connectivity index (χ1n) is 7.27. The number of hydrogen-bond donors (Lipinski definition) is 0. The SMILES string of the molecule is COc1ccc(C#CCN2CCc3ccccc3C2)cc1. The minimum absolute atomic E-state index is 0.820. The van der Waals surface area contributed by atoms with Crippen molar-refractivity contribution in [2.45, 2.75) is 13.0 Å². The molecule has 0 spiro atoms. The molecule has 21 heavy (non-hydrogen) atoms. The second kappa shape index (κ2) is 6.47. The number of nitrogens with zero attached hydrogens (tertiary/aromatic N) is 1. The van der Waals surface area contributed by atoms with Gasteiger partial charge in [-0.2, -0.15) is 0 Å². The van der Waals surface area contributed by atoms with Crippen LogP contribution in [0.15, 0.2) is 48.5 Å². The Kier molecular flexibility index (Phi) is 4.23. The van der Waals surface area contributed by atoms with E-state index in [1.54, 1.807) is 7.11 Å². The maximum Gasteiger partial charge on any atom is 0.118 e. The fraction of sp³-hybridized carbons (Fsp3) is 0.263. The molecular weight excluding hydrogens is 258 g/mol. The summed E-state index contributed by atoms with van der Waals surface area (Å²) in [6.45, 7) is 2.92. The number of fused-ring (bicyclic) bond motifs is 1. The van der Waals surface area contributed by atoms with Crippen LogP contribution in [0.1, 0.15) is 16.7 Å². The molecule has 0 fully saturated rings. The van der Waals surface area contributed by atoms with E-state index in [0.717, 1.165) is 37.4 Å². The lowest BCUT2D eigenvalue weighted by molar-refractivity contribution is 0.286. The van der Waals surface area contributed by atoms with Gasteiger partial charge in [-0.25, -0.2) is 0 Å². The van der Waals surface area contributed by atoms with Crippen LogP contribution in [-0.2, 0) is 13.0 Å². The van der Waals surface area contributed by atoms with Gasteiger partial charge in [0.25, 0.3) is 0 Å². The summed E-state index contributed by atoms with van der Waals surface area (Å²) in [7, 11) is 1.68. The smallest absolute Gasteiger partial charge is 0.118 e. The van der Waals surface area contributed by atoms with Gasteiger partial charge in [-0.1, -0.05) is 36.1 Å². The Balaban J connectivity index is 1.60. The molecule has 1 heterocycles. The molecule has 0 radical (unpaired) electrons. The van der Waals surface area contributed by atoms with Crippen LogP contribution in [0.2, 0.25) is 0 Å². The van der Waals surface area contributed by atoms with Crippen LogP contribution in [0.25, 0.3) is 0 Å². The molecule has 0 saturated heterocycles. The summed E-state index contributed by atoms with van der Waals surface area (Å²) in [4.78, 5) is 2.40. The quantitative estimate of drug-likeness (QED) is 0.782. The molecule has 2 aromatic rings. The highest BCUT2D eigenvalue weighted by molar-refractivity contribution is 5.38. The molecule has 0 N–H and O–H groups in total. The molecular formula is C19H19NO. The van der Waals surface area contributed by atoms with Gasteiger partial charge in [-0.05, 0) is 41.8 Å². The van der Waals surface area contributed by atoms with Crippen molar-refractivity contribution < 1.29 is 4.74 Å². The van der Waals surface area contributed by atoms with E-state index in [9.17, 15) is 0 Å². The minimum atomic E-state index is 0.820. The summed E-state index contributed by atoms with van der Waals surface area (Å²) in [6, 6.07) is 16.6. The molecule has 2 heteroatoms. The molecule has 3 rings (SSSR count). The molecule has 0 saturated carbocycles. The summed E-state index contributed by atoms with van der Waals surface area (Å²) in [5.74, 6) is 7.36. The van der Waals surface area contributed by atoms with E-state index in [1.165, 1.54) is 11.1 Å². The van der Waals surface area contributed by atoms with Gasteiger partial charge in [-0.3, -0.25) is 4.90 Å². The van der Waals surface area contributed by atoms with Gasteiger partial charge < -0.3 is 4.74 Å². The molecule has 0 aromatic heterocycles. The average molecular weight is 277 g/mol. The predicted octanol–water partition coefficient (Wildman–Crippen LogP) is 3.11. The van der Waals surface area contributed by atoms with Gasteiger partial charge in [0.05, 0.1) is 13.7 Å². The van der Waals surface area contributed by atoms with Crippen molar-refractivity contribution in [2.24, 2.45) is 0 Å². The van der Waals surface area contributed by atoms with Crippen molar-refractivity contribution in [3.05, 3.63) is 65.2 Å². The zero-order valence-corrected chi connectivity index (χ0v) is 12.3. The largest absolute Gasteiger partial charge is 0.497 e. The molecule has 2 nitrogen and oxygen atoms in total. The molecule has 0 unspecified atom stereocenters. The van der Waals surface area contributed by atoms with Crippen LogP contribution >= 0.6 is 0 Å². The predicted molar refractivity (Wildman–Crippen MR) is 85.3 cm³/mol. The van der Waals surface area contributed by atoms with E-state index in [-0.39, 0.29) is 0 Å². The third-order valence-electron chi connectivity index (χ3n) is 3.84. The molecule has 0 atom stereocenters. The van der Waals surface area contributed by atoms with Crippen LogP contribution in [0, 0.1) is 11.8 Å². The van der Waals surface area contributed by atoms with Gasteiger partial charge >= 0.3 is 0 Å². The topological polar surface area (TPSA) is 12.5 Å². The molecule has 0 bridgehead atoms. The Hall–Kier alpha value is -2.24.